The van der Waals surface area contributed by atoms with Crippen molar-refractivity contribution in [3.05, 3.63) is 0 Å². The van der Waals surface area contributed by atoms with Gasteiger partial charge in [0.1, 0.15) is 0 Å². The van der Waals surface area contributed by atoms with Gasteiger partial charge in [0, 0.05) is 5.54 Å². The Morgan fingerprint density at radius 3 is 2.33 bits per heavy atom. The first-order valence-corrected chi connectivity index (χ1v) is 6.37. The lowest BCUT2D eigenvalue weighted by Crippen LogP contribution is -2.56. The Labute approximate surface area is 108 Å². The maximum atomic E-state index is 11.4. The van der Waals surface area contributed by atoms with Crippen molar-refractivity contribution in [2.24, 2.45) is 5.92 Å². The van der Waals surface area contributed by atoms with E-state index in [0.717, 1.165) is 19.3 Å². The molecule has 0 aromatic carbocycles. The minimum absolute atomic E-state index is 0.433. The van der Waals surface area contributed by atoms with Crippen molar-refractivity contribution in [2.45, 2.75) is 64.1 Å². The summed E-state index contributed by atoms with van der Waals surface area (Å²) in [5, 5.41) is 28.0. The molecule has 0 aromatic heterocycles. The molecule has 1 rings (SSSR count). The molecule has 0 unspecified atom stereocenters. The number of aliphatic hydroxyl groups is 1. The van der Waals surface area contributed by atoms with E-state index in [0.29, 0.717) is 12.3 Å². The van der Waals surface area contributed by atoms with E-state index >= 15 is 0 Å². The van der Waals surface area contributed by atoms with Crippen LogP contribution in [0.4, 0.5) is 4.79 Å². The molecule has 0 aromatic rings. The van der Waals surface area contributed by atoms with E-state index in [1.807, 2.05) is 0 Å². The number of nitriles is 1. The molecule has 1 fully saturated rings. The Bertz CT molecular complexity index is 339. The molecule has 18 heavy (non-hydrogen) atoms. The van der Waals surface area contributed by atoms with Gasteiger partial charge in [0.25, 0.3) is 0 Å². The monoisotopic (exact) mass is 254 g/mol. The van der Waals surface area contributed by atoms with E-state index in [4.69, 9.17) is 5.26 Å². The molecule has 0 heterocycles. The highest BCUT2D eigenvalue weighted by Crippen LogP contribution is 2.34. The van der Waals surface area contributed by atoms with E-state index in [9.17, 15) is 15.0 Å². The predicted octanol–water partition coefficient (Wildman–Crippen LogP) is 2.21. The Kier molecular flexibility index (Phi) is 4.58. The number of nitrogens with zero attached hydrogens (tertiary/aromatic N) is 2. The van der Waals surface area contributed by atoms with Gasteiger partial charge in [0.05, 0.1) is 12.1 Å². The van der Waals surface area contributed by atoms with Gasteiger partial charge in [0.2, 0.25) is 0 Å². The number of amides is 1. The second-order valence-corrected chi connectivity index (χ2v) is 6.00. The highest BCUT2D eigenvalue weighted by atomic mass is 16.4. The quantitative estimate of drug-likeness (QED) is 0.753. The van der Waals surface area contributed by atoms with Crippen LogP contribution in [-0.4, -0.2) is 38.9 Å². The molecule has 0 radical (unpaired) electrons. The molecule has 1 aliphatic carbocycles. The Hall–Kier alpha value is -1.28. The van der Waals surface area contributed by atoms with Crippen molar-refractivity contribution >= 4 is 6.09 Å². The summed E-state index contributed by atoms with van der Waals surface area (Å²) < 4.78 is 0. The summed E-state index contributed by atoms with van der Waals surface area (Å²) in [5.74, 6) is 0.433. The second-order valence-electron chi connectivity index (χ2n) is 6.00. The van der Waals surface area contributed by atoms with Crippen molar-refractivity contribution in [1.82, 2.24) is 4.90 Å². The van der Waals surface area contributed by atoms with Crippen molar-refractivity contribution in [3.8, 4) is 6.07 Å². The lowest BCUT2D eigenvalue weighted by atomic mass is 9.79. The molecule has 2 atom stereocenters. The van der Waals surface area contributed by atoms with Crippen LogP contribution in [0.1, 0.15) is 46.5 Å². The molecule has 102 valence electrons. The number of rotatable bonds is 4. The molecule has 1 aliphatic rings. The number of aliphatic hydroxyl groups excluding tert-OH is 1. The Morgan fingerprint density at radius 1 is 1.50 bits per heavy atom. The summed E-state index contributed by atoms with van der Waals surface area (Å²) in [5.41, 5.74) is -0.627. The summed E-state index contributed by atoms with van der Waals surface area (Å²) in [7, 11) is 0. The number of hydrogen-bond acceptors (Lipinski definition) is 3. The first kappa shape index (κ1) is 14.8. The van der Waals surface area contributed by atoms with Crippen LogP contribution in [-0.2, 0) is 0 Å². The van der Waals surface area contributed by atoms with Crippen LogP contribution in [0.2, 0.25) is 0 Å². The van der Waals surface area contributed by atoms with E-state index < -0.39 is 23.8 Å². The highest BCUT2D eigenvalue weighted by molar-refractivity contribution is 5.66. The Balaban J connectivity index is 2.90. The van der Waals surface area contributed by atoms with Crippen LogP contribution < -0.4 is 0 Å². The van der Waals surface area contributed by atoms with E-state index in [1.54, 1.807) is 26.8 Å². The number of carboxylic acid groups (broad SMARTS) is 1. The summed E-state index contributed by atoms with van der Waals surface area (Å²) in [6.07, 6.45) is 1.50. The summed E-state index contributed by atoms with van der Waals surface area (Å²) in [6, 6.07) is 1.14. The van der Waals surface area contributed by atoms with Gasteiger partial charge in [0.15, 0.2) is 6.10 Å². The fraction of sp³-hybridized carbons (Fsp3) is 0.846. The molecule has 1 saturated carbocycles. The van der Waals surface area contributed by atoms with E-state index in [2.05, 4.69) is 0 Å². The highest BCUT2D eigenvalue weighted by Gasteiger charge is 2.39. The summed E-state index contributed by atoms with van der Waals surface area (Å²) >= 11 is 0. The minimum atomic E-state index is -1.26. The fourth-order valence-electron chi connectivity index (χ4n) is 2.46. The lowest BCUT2D eigenvalue weighted by Gasteiger charge is -2.42. The smallest absolute Gasteiger partial charge is 0.408 e. The summed E-state index contributed by atoms with van der Waals surface area (Å²) in [4.78, 5) is 12.6. The minimum Gasteiger partial charge on any atom is -0.465 e. The molecule has 0 aliphatic heterocycles. The molecule has 5 heteroatoms. The SMILES string of the molecule is CC(C)(C)N(C(=O)O)[C@@H](CC1CCC1)[C@@H](O)C#N. The Morgan fingerprint density at radius 2 is 2.06 bits per heavy atom. The first-order valence-electron chi connectivity index (χ1n) is 6.37. The average molecular weight is 254 g/mol. The summed E-state index contributed by atoms with van der Waals surface area (Å²) in [6.45, 7) is 5.33. The second kappa shape index (κ2) is 5.57. The van der Waals surface area contributed by atoms with Crippen LogP contribution in [0.15, 0.2) is 0 Å². The molecule has 2 N–H and O–H groups in total. The molecular weight excluding hydrogens is 232 g/mol. The van der Waals surface area contributed by atoms with Gasteiger partial charge in [-0.1, -0.05) is 19.3 Å². The normalized spacial score (nSPS) is 19.5. The van der Waals surface area contributed by atoms with Crippen LogP contribution in [0.5, 0.6) is 0 Å². The maximum Gasteiger partial charge on any atom is 0.408 e. The third-order valence-corrected chi connectivity index (χ3v) is 3.56. The largest absolute Gasteiger partial charge is 0.465 e. The zero-order valence-electron chi connectivity index (χ0n) is 11.3. The fourth-order valence-corrected chi connectivity index (χ4v) is 2.46. The third kappa shape index (κ3) is 3.36. The van der Waals surface area contributed by atoms with Crippen molar-refractivity contribution in [1.29, 1.82) is 5.26 Å². The van der Waals surface area contributed by atoms with Gasteiger partial charge < -0.3 is 10.2 Å². The first-order chi connectivity index (χ1) is 8.27. The number of carbonyl (C=O) groups is 1. The molecule has 0 saturated heterocycles. The van der Waals surface area contributed by atoms with Gasteiger partial charge in [-0.3, -0.25) is 4.90 Å². The van der Waals surface area contributed by atoms with Gasteiger partial charge in [-0.2, -0.15) is 5.26 Å². The van der Waals surface area contributed by atoms with Crippen LogP contribution in [0, 0.1) is 17.2 Å². The van der Waals surface area contributed by atoms with Crippen molar-refractivity contribution in [2.75, 3.05) is 0 Å². The average Bonchev–Trinajstić information content (AvgIpc) is 2.17. The maximum absolute atomic E-state index is 11.4. The zero-order chi connectivity index (χ0) is 13.9. The molecular formula is C13H22N2O3. The van der Waals surface area contributed by atoms with E-state index in [1.165, 1.54) is 4.90 Å². The van der Waals surface area contributed by atoms with Gasteiger partial charge >= 0.3 is 6.09 Å². The van der Waals surface area contributed by atoms with Crippen LogP contribution in [0.25, 0.3) is 0 Å². The van der Waals surface area contributed by atoms with Gasteiger partial charge in [-0.15, -0.1) is 0 Å². The van der Waals surface area contributed by atoms with Crippen molar-refractivity contribution in [3.63, 3.8) is 0 Å². The van der Waals surface area contributed by atoms with Crippen molar-refractivity contribution < 1.29 is 15.0 Å². The third-order valence-electron chi connectivity index (χ3n) is 3.56. The van der Waals surface area contributed by atoms with Crippen LogP contribution >= 0.6 is 0 Å². The predicted molar refractivity (Wildman–Crippen MR) is 67.0 cm³/mol. The number of hydrogen-bond donors (Lipinski definition) is 2. The molecule has 0 bridgehead atoms. The molecule has 5 nitrogen and oxygen atoms in total. The van der Waals surface area contributed by atoms with E-state index in [-0.39, 0.29) is 0 Å². The van der Waals surface area contributed by atoms with Gasteiger partial charge in [-0.05, 0) is 33.1 Å². The molecule has 1 amide bonds. The lowest BCUT2D eigenvalue weighted by molar-refractivity contribution is 0.0109. The molecule has 0 spiro atoms. The van der Waals surface area contributed by atoms with Gasteiger partial charge in [-0.25, -0.2) is 4.79 Å². The zero-order valence-corrected chi connectivity index (χ0v) is 11.3. The van der Waals surface area contributed by atoms with Crippen LogP contribution in [0.3, 0.4) is 0 Å². The standard InChI is InChI=1S/C13H22N2O3/c1-13(2,3)15(12(17)18)10(11(16)8-14)7-9-5-4-6-9/h9-11,16H,4-7H2,1-3H3,(H,17,18)/t10-,11-/m0/s1. The topological polar surface area (TPSA) is 84.6 Å².